The summed E-state index contributed by atoms with van der Waals surface area (Å²) in [6.07, 6.45) is 6.10. The lowest BCUT2D eigenvalue weighted by molar-refractivity contribution is 0.237. The fraction of sp³-hybridized carbons (Fsp3) is 1.00. The maximum Gasteiger partial charge on any atom is 0.167 e. The molecule has 0 amide bonds. The molecule has 2 aliphatic carbocycles. The largest absolute Gasteiger partial charge is 0.331 e. The van der Waals surface area contributed by atoms with E-state index in [0.717, 1.165) is 0 Å². The molecule has 0 spiro atoms. The average Bonchev–Trinajstić information content (AvgIpc) is 2.59. The van der Waals surface area contributed by atoms with Gasteiger partial charge in [0, 0.05) is 6.66 Å². The van der Waals surface area contributed by atoms with Crippen LogP contribution in [0.5, 0.6) is 0 Å². The molecule has 2 aliphatic rings. The Labute approximate surface area is 62.8 Å². The molecule has 2 saturated carbocycles. The van der Waals surface area contributed by atoms with Gasteiger partial charge in [-0.05, 0) is 25.7 Å². The van der Waals surface area contributed by atoms with Crippen molar-refractivity contribution in [2.24, 2.45) is 0 Å². The first kappa shape index (κ1) is 7.02. The normalized spacial score (nSPS) is 25.8. The van der Waals surface area contributed by atoms with Crippen LogP contribution in [0.1, 0.15) is 25.7 Å². The van der Waals surface area contributed by atoms with E-state index in [9.17, 15) is 0 Å². The summed E-state index contributed by atoms with van der Waals surface area (Å²) in [6, 6.07) is 0. The quantitative estimate of drug-likeness (QED) is 0.587. The Balaban J connectivity index is 1.60. The van der Waals surface area contributed by atoms with Crippen molar-refractivity contribution in [1.29, 1.82) is 0 Å². The zero-order chi connectivity index (χ0) is 6.97. The van der Waals surface area contributed by atoms with Gasteiger partial charge in [-0.25, -0.2) is 0 Å². The molecule has 2 nitrogen and oxygen atoms in total. The van der Waals surface area contributed by atoms with Crippen molar-refractivity contribution in [1.82, 2.24) is 0 Å². The lowest BCUT2D eigenvalue weighted by Crippen LogP contribution is -1.92. The summed E-state index contributed by atoms with van der Waals surface area (Å²) in [4.78, 5) is 0. The molecule has 0 radical (unpaired) electrons. The number of hydrogen-bond donors (Lipinski definition) is 0. The van der Waals surface area contributed by atoms with E-state index in [4.69, 9.17) is 9.05 Å². The highest BCUT2D eigenvalue weighted by atomic mass is 31.2. The van der Waals surface area contributed by atoms with Gasteiger partial charge in [-0.1, -0.05) is 0 Å². The Kier molecular flexibility index (Phi) is 1.94. The molecule has 0 N–H and O–H groups in total. The van der Waals surface area contributed by atoms with Crippen molar-refractivity contribution < 1.29 is 9.05 Å². The van der Waals surface area contributed by atoms with Gasteiger partial charge >= 0.3 is 0 Å². The summed E-state index contributed by atoms with van der Waals surface area (Å²) in [6.45, 7) is 2.06. The second kappa shape index (κ2) is 2.77. The van der Waals surface area contributed by atoms with Crippen LogP contribution in [0.3, 0.4) is 0 Å². The smallest absolute Gasteiger partial charge is 0.167 e. The molecule has 0 aromatic heterocycles. The highest BCUT2D eigenvalue weighted by Gasteiger charge is 2.29. The van der Waals surface area contributed by atoms with E-state index < -0.39 is 8.38 Å². The molecular formula is C7H13O2P. The highest BCUT2D eigenvalue weighted by molar-refractivity contribution is 7.46. The Morgan fingerprint density at radius 3 is 1.70 bits per heavy atom. The summed E-state index contributed by atoms with van der Waals surface area (Å²) in [5.41, 5.74) is 0. The van der Waals surface area contributed by atoms with Gasteiger partial charge in [0.2, 0.25) is 0 Å². The van der Waals surface area contributed by atoms with E-state index in [1.807, 2.05) is 0 Å². The Bertz CT molecular complexity index is 107. The van der Waals surface area contributed by atoms with Crippen LogP contribution in [0.15, 0.2) is 0 Å². The number of rotatable bonds is 4. The first-order chi connectivity index (χ1) is 4.84. The average molecular weight is 160 g/mol. The Hall–Kier alpha value is 0.350. The molecule has 0 atom stereocenters. The molecule has 58 valence electrons. The van der Waals surface area contributed by atoms with Crippen LogP contribution in [0.25, 0.3) is 0 Å². The third-order valence-corrected chi connectivity index (χ3v) is 2.83. The summed E-state index contributed by atoms with van der Waals surface area (Å²) in [5.74, 6) is 0. The molecule has 0 aromatic carbocycles. The van der Waals surface area contributed by atoms with E-state index in [-0.39, 0.29) is 0 Å². The molecule has 10 heavy (non-hydrogen) atoms. The van der Waals surface area contributed by atoms with Gasteiger partial charge in [0.15, 0.2) is 8.38 Å². The van der Waals surface area contributed by atoms with Crippen LogP contribution < -0.4 is 0 Å². The van der Waals surface area contributed by atoms with Gasteiger partial charge in [-0.2, -0.15) is 0 Å². The van der Waals surface area contributed by atoms with Gasteiger partial charge in [0.05, 0.1) is 12.2 Å². The van der Waals surface area contributed by atoms with Crippen LogP contribution in [0, 0.1) is 0 Å². The van der Waals surface area contributed by atoms with Crippen molar-refractivity contribution in [3.63, 3.8) is 0 Å². The van der Waals surface area contributed by atoms with Crippen molar-refractivity contribution in [2.75, 3.05) is 6.66 Å². The first-order valence-electron chi connectivity index (χ1n) is 3.92. The van der Waals surface area contributed by atoms with E-state index >= 15 is 0 Å². The summed E-state index contributed by atoms with van der Waals surface area (Å²) < 4.78 is 11.1. The summed E-state index contributed by atoms with van der Waals surface area (Å²) >= 11 is 0. The first-order valence-corrected chi connectivity index (χ1v) is 5.54. The minimum absolute atomic E-state index is 0.534. The van der Waals surface area contributed by atoms with Crippen LogP contribution in [0.2, 0.25) is 0 Å². The molecule has 0 bridgehead atoms. The second-order valence-electron chi connectivity index (χ2n) is 3.05. The Morgan fingerprint density at radius 1 is 1.00 bits per heavy atom. The standard InChI is InChI=1S/C7H13O2P/c1-10(8-6-2-3-6)9-7-4-5-7/h6-7H,2-5H2,1H3. The lowest BCUT2D eigenvalue weighted by atomic mass is 10.9. The molecule has 3 heteroatoms. The SMILES string of the molecule is CP(OC1CC1)OC1CC1. The van der Waals surface area contributed by atoms with E-state index in [1.54, 1.807) is 0 Å². The lowest BCUT2D eigenvalue weighted by Gasteiger charge is -2.10. The van der Waals surface area contributed by atoms with Crippen molar-refractivity contribution in [2.45, 2.75) is 37.9 Å². The molecule has 0 heterocycles. The zero-order valence-electron chi connectivity index (χ0n) is 6.25. The van der Waals surface area contributed by atoms with Crippen LogP contribution in [-0.2, 0) is 9.05 Å². The third-order valence-electron chi connectivity index (χ3n) is 1.64. The van der Waals surface area contributed by atoms with Crippen LogP contribution in [-0.4, -0.2) is 18.9 Å². The molecular weight excluding hydrogens is 147 g/mol. The fourth-order valence-electron chi connectivity index (χ4n) is 0.792. The number of hydrogen-bond acceptors (Lipinski definition) is 2. The highest BCUT2D eigenvalue weighted by Crippen LogP contribution is 2.46. The topological polar surface area (TPSA) is 18.5 Å². The summed E-state index contributed by atoms with van der Waals surface area (Å²) in [5, 5.41) is 0. The van der Waals surface area contributed by atoms with E-state index in [0.29, 0.717) is 12.2 Å². The maximum atomic E-state index is 5.55. The fourth-order valence-corrected chi connectivity index (χ4v) is 2.10. The van der Waals surface area contributed by atoms with Gasteiger partial charge in [-0.15, -0.1) is 0 Å². The molecule has 2 fully saturated rings. The second-order valence-corrected chi connectivity index (χ2v) is 4.35. The molecule has 0 aliphatic heterocycles. The van der Waals surface area contributed by atoms with Gasteiger partial charge < -0.3 is 9.05 Å². The maximum absolute atomic E-state index is 5.55. The molecule has 2 rings (SSSR count). The van der Waals surface area contributed by atoms with E-state index in [1.165, 1.54) is 25.7 Å². The van der Waals surface area contributed by atoms with Crippen molar-refractivity contribution >= 4 is 8.38 Å². The molecule has 0 unspecified atom stereocenters. The third kappa shape index (κ3) is 2.19. The summed E-state index contributed by atoms with van der Waals surface area (Å²) in [7, 11) is -0.534. The van der Waals surface area contributed by atoms with Gasteiger partial charge in [0.25, 0.3) is 0 Å². The zero-order valence-corrected chi connectivity index (χ0v) is 7.14. The molecule has 0 saturated heterocycles. The minimum Gasteiger partial charge on any atom is -0.331 e. The Morgan fingerprint density at radius 2 is 1.40 bits per heavy atom. The predicted molar refractivity (Wildman–Crippen MR) is 41.1 cm³/mol. The molecule has 0 aromatic rings. The van der Waals surface area contributed by atoms with Gasteiger partial charge in [-0.3, -0.25) is 0 Å². The van der Waals surface area contributed by atoms with Crippen LogP contribution in [0.4, 0.5) is 0 Å². The van der Waals surface area contributed by atoms with E-state index in [2.05, 4.69) is 6.66 Å². The minimum atomic E-state index is -0.534. The monoisotopic (exact) mass is 160 g/mol. The van der Waals surface area contributed by atoms with Crippen molar-refractivity contribution in [3.05, 3.63) is 0 Å². The van der Waals surface area contributed by atoms with Crippen molar-refractivity contribution in [3.8, 4) is 0 Å². The van der Waals surface area contributed by atoms with Gasteiger partial charge in [0.1, 0.15) is 0 Å². The van der Waals surface area contributed by atoms with Crippen LogP contribution >= 0.6 is 8.38 Å². The predicted octanol–water partition coefficient (Wildman–Crippen LogP) is 2.29.